The van der Waals surface area contributed by atoms with E-state index < -0.39 is 5.97 Å². The average Bonchev–Trinajstić information content (AvgIpc) is 2.43. The Morgan fingerprint density at radius 2 is 1.30 bits per heavy atom. The van der Waals surface area contributed by atoms with E-state index in [1.54, 1.807) is 0 Å². The second-order valence-electron chi connectivity index (χ2n) is 5.02. The predicted molar refractivity (Wildman–Crippen MR) is 86.9 cm³/mol. The highest BCUT2D eigenvalue weighted by molar-refractivity contribution is 5.66. The number of allylic oxidation sites excluding steroid dienone is 6. The van der Waals surface area contributed by atoms with E-state index in [-0.39, 0.29) is 0 Å². The van der Waals surface area contributed by atoms with Gasteiger partial charge in [-0.05, 0) is 44.9 Å². The highest BCUT2D eigenvalue weighted by Crippen LogP contribution is 2.02. The van der Waals surface area contributed by atoms with Gasteiger partial charge in [0.05, 0.1) is 0 Å². The zero-order valence-corrected chi connectivity index (χ0v) is 12.9. The molecule has 0 aliphatic carbocycles. The van der Waals surface area contributed by atoms with Crippen LogP contribution in [0.5, 0.6) is 0 Å². The van der Waals surface area contributed by atoms with Crippen LogP contribution in [0.1, 0.15) is 71.1 Å². The fourth-order valence-electron chi connectivity index (χ4n) is 1.83. The Morgan fingerprint density at radius 3 is 1.80 bits per heavy atom. The molecule has 2 nitrogen and oxygen atoms in total. The van der Waals surface area contributed by atoms with Gasteiger partial charge in [-0.2, -0.15) is 0 Å². The van der Waals surface area contributed by atoms with Crippen LogP contribution in [0.25, 0.3) is 0 Å². The molecule has 1 N–H and O–H groups in total. The van der Waals surface area contributed by atoms with Gasteiger partial charge in [-0.1, -0.05) is 56.2 Å². The second kappa shape index (κ2) is 15.7. The van der Waals surface area contributed by atoms with Gasteiger partial charge in [0.25, 0.3) is 0 Å². The van der Waals surface area contributed by atoms with E-state index >= 15 is 0 Å². The molecule has 0 heterocycles. The van der Waals surface area contributed by atoms with Gasteiger partial charge in [0.15, 0.2) is 0 Å². The van der Waals surface area contributed by atoms with Gasteiger partial charge in [0.2, 0.25) is 0 Å². The first kappa shape index (κ1) is 18.7. The molecule has 0 bridgehead atoms. The number of aliphatic carboxylic acids is 1. The maximum atomic E-state index is 10.3. The summed E-state index contributed by atoms with van der Waals surface area (Å²) in [5, 5.41) is 8.48. The van der Waals surface area contributed by atoms with Gasteiger partial charge in [-0.25, -0.2) is 0 Å². The molecule has 0 spiro atoms. The largest absolute Gasteiger partial charge is 0.481 e. The SMILES string of the molecule is CCCCCC=CCC=CCC=CCCCCC(=O)O. The summed E-state index contributed by atoms with van der Waals surface area (Å²) in [4.78, 5) is 10.3. The highest BCUT2D eigenvalue weighted by Gasteiger charge is 1.93. The van der Waals surface area contributed by atoms with Crippen molar-refractivity contribution in [2.75, 3.05) is 0 Å². The zero-order valence-electron chi connectivity index (χ0n) is 12.9. The lowest BCUT2D eigenvalue weighted by molar-refractivity contribution is -0.137. The molecule has 0 aromatic rings. The van der Waals surface area contributed by atoms with E-state index in [1.165, 1.54) is 25.7 Å². The highest BCUT2D eigenvalue weighted by atomic mass is 16.4. The minimum Gasteiger partial charge on any atom is -0.481 e. The summed E-state index contributed by atoms with van der Waals surface area (Å²) in [7, 11) is 0. The van der Waals surface area contributed by atoms with Gasteiger partial charge in [-0.3, -0.25) is 4.79 Å². The molecule has 0 aromatic heterocycles. The molecule has 114 valence electrons. The molecule has 0 atom stereocenters. The third-order valence-corrected chi connectivity index (χ3v) is 3.03. The lowest BCUT2D eigenvalue weighted by Gasteiger charge is -1.92. The monoisotopic (exact) mass is 278 g/mol. The Hall–Kier alpha value is -1.31. The Balaban J connectivity index is 3.32. The quantitative estimate of drug-likeness (QED) is 0.348. The Bertz CT molecular complexity index is 301. The Labute approximate surface area is 124 Å². The molecule has 0 saturated heterocycles. The minimum absolute atomic E-state index is 0.290. The maximum Gasteiger partial charge on any atom is 0.303 e. The topological polar surface area (TPSA) is 37.3 Å². The normalized spacial score (nSPS) is 12.1. The lowest BCUT2D eigenvalue weighted by atomic mass is 10.2. The first-order valence-electron chi connectivity index (χ1n) is 7.94. The zero-order chi connectivity index (χ0) is 14.9. The Kier molecular flexibility index (Phi) is 14.7. The summed E-state index contributed by atoms with van der Waals surface area (Å²) < 4.78 is 0. The van der Waals surface area contributed by atoms with Crippen molar-refractivity contribution in [2.24, 2.45) is 0 Å². The van der Waals surface area contributed by atoms with Crippen molar-refractivity contribution in [1.29, 1.82) is 0 Å². The molecular formula is C18H30O2. The van der Waals surface area contributed by atoms with E-state index in [0.717, 1.165) is 32.1 Å². The van der Waals surface area contributed by atoms with Crippen LogP contribution >= 0.6 is 0 Å². The molecule has 0 rings (SSSR count). The molecular weight excluding hydrogens is 248 g/mol. The van der Waals surface area contributed by atoms with Crippen LogP contribution < -0.4 is 0 Å². The number of hydrogen-bond donors (Lipinski definition) is 1. The molecule has 0 aliphatic heterocycles. The van der Waals surface area contributed by atoms with Gasteiger partial charge in [0, 0.05) is 6.42 Å². The van der Waals surface area contributed by atoms with Crippen molar-refractivity contribution in [3.63, 3.8) is 0 Å². The molecule has 0 saturated carbocycles. The molecule has 0 radical (unpaired) electrons. The van der Waals surface area contributed by atoms with E-state index in [0.29, 0.717) is 6.42 Å². The molecule has 0 amide bonds. The summed E-state index contributed by atoms with van der Waals surface area (Å²) in [6.07, 6.45) is 23.3. The van der Waals surface area contributed by atoms with Crippen molar-refractivity contribution in [2.45, 2.75) is 71.1 Å². The van der Waals surface area contributed by atoms with Gasteiger partial charge < -0.3 is 5.11 Å². The second-order valence-corrected chi connectivity index (χ2v) is 5.02. The van der Waals surface area contributed by atoms with E-state index in [1.807, 2.05) is 0 Å². The van der Waals surface area contributed by atoms with Crippen molar-refractivity contribution < 1.29 is 9.90 Å². The average molecular weight is 278 g/mol. The number of carboxylic acid groups (broad SMARTS) is 1. The number of rotatable bonds is 13. The first-order chi connectivity index (χ1) is 9.77. The van der Waals surface area contributed by atoms with Gasteiger partial charge in [-0.15, -0.1) is 0 Å². The van der Waals surface area contributed by atoms with Crippen LogP contribution in [0.2, 0.25) is 0 Å². The van der Waals surface area contributed by atoms with Crippen LogP contribution in [0.15, 0.2) is 36.5 Å². The van der Waals surface area contributed by atoms with E-state index in [4.69, 9.17) is 5.11 Å². The van der Waals surface area contributed by atoms with Gasteiger partial charge in [0.1, 0.15) is 0 Å². The van der Waals surface area contributed by atoms with Crippen LogP contribution in [0.4, 0.5) is 0 Å². The van der Waals surface area contributed by atoms with Crippen molar-refractivity contribution in [3.05, 3.63) is 36.5 Å². The molecule has 0 aliphatic rings. The molecule has 20 heavy (non-hydrogen) atoms. The predicted octanol–water partition coefficient (Wildman–Crippen LogP) is 5.66. The fourth-order valence-corrected chi connectivity index (χ4v) is 1.83. The summed E-state index contributed by atoms with van der Waals surface area (Å²) in [5.74, 6) is -0.695. The third kappa shape index (κ3) is 16.7. The number of unbranched alkanes of at least 4 members (excludes halogenated alkanes) is 5. The lowest BCUT2D eigenvalue weighted by Crippen LogP contribution is -1.92. The summed E-state index contributed by atoms with van der Waals surface area (Å²) >= 11 is 0. The fraction of sp³-hybridized carbons (Fsp3) is 0.611. The molecule has 0 fully saturated rings. The van der Waals surface area contributed by atoms with E-state index in [9.17, 15) is 4.79 Å². The maximum absolute atomic E-state index is 10.3. The number of carbonyl (C=O) groups is 1. The van der Waals surface area contributed by atoms with Crippen LogP contribution in [-0.2, 0) is 4.79 Å². The van der Waals surface area contributed by atoms with Crippen LogP contribution in [0, 0.1) is 0 Å². The van der Waals surface area contributed by atoms with E-state index in [2.05, 4.69) is 43.4 Å². The summed E-state index contributed by atoms with van der Waals surface area (Å²) in [5.41, 5.74) is 0. The van der Waals surface area contributed by atoms with Crippen molar-refractivity contribution in [3.8, 4) is 0 Å². The first-order valence-corrected chi connectivity index (χ1v) is 7.94. The molecule has 0 aromatic carbocycles. The smallest absolute Gasteiger partial charge is 0.303 e. The molecule has 0 unspecified atom stereocenters. The third-order valence-electron chi connectivity index (χ3n) is 3.03. The van der Waals surface area contributed by atoms with Crippen LogP contribution in [-0.4, -0.2) is 11.1 Å². The number of hydrogen-bond acceptors (Lipinski definition) is 1. The number of carboxylic acids is 1. The molecule has 2 heteroatoms. The summed E-state index contributed by atoms with van der Waals surface area (Å²) in [6, 6.07) is 0. The standard InChI is InChI=1S/C18H30O2/c1-2-3-4-5-6-7-8-9-10-11-12-13-14-15-16-17-18(19)20/h6-7,9-10,12-13H,2-5,8,11,14-17H2,1H3,(H,19,20). The van der Waals surface area contributed by atoms with Crippen molar-refractivity contribution >= 4 is 5.97 Å². The minimum atomic E-state index is -0.695. The van der Waals surface area contributed by atoms with Crippen LogP contribution in [0.3, 0.4) is 0 Å². The van der Waals surface area contributed by atoms with Crippen molar-refractivity contribution in [1.82, 2.24) is 0 Å². The summed E-state index contributed by atoms with van der Waals surface area (Å²) in [6.45, 7) is 2.23. The Morgan fingerprint density at radius 1 is 0.800 bits per heavy atom. The van der Waals surface area contributed by atoms with Gasteiger partial charge >= 0.3 is 5.97 Å².